The fraction of sp³-hybridized carbons (Fsp3) is 0.261. The van der Waals surface area contributed by atoms with E-state index in [1.54, 1.807) is 35.1 Å². The van der Waals surface area contributed by atoms with Crippen LogP contribution >= 0.6 is 0 Å². The van der Waals surface area contributed by atoms with Gasteiger partial charge in [-0.25, -0.2) is 4.68 Å². The minimum absolute atomic E-state index is 0.135. The van der Waals surface area contributed by atoms with Crippen LogP contribution in [0.1, 0.15) is 54.1 Å². The number of para-hydroxylation sites is 1. The Morgan fingerprint density at radius 3 is 2.21 bits per heavy atom. The fourth-order valence-corrected chi connectivity index (χ4v) is 2.97. The van der Waals surface area contributed by atoms with E-state index in [2.05, 4.69) is 15.7 Å². The van der Waals surface area contributed by atoms with Crippen LogP contribution in [0.4, 0.5) is 5.69 Å². The van der Waals surface area contributed by atoms with Gasteiger partial charge < -0.3 is 10.6 Å². The van der Waals surface area contributed by atoms with Crippen molar-refractivity contribution in [2.24, 2.45) is 0 Å². The summed E-state index contributed by atoms with van der Waals surface area (Å²) in [6, 6.07) is 16.5. The second-order valence-electron chi connectivity index (χ2n) is 7.81. The van der Waals surface area contributed by atoms with Crippen LogP contribution in [0.2, 0.25) is 0 Å². The van der Waals surface area contributed by atoms with Gasteiger partial charge in [0.25, 0.3) is 11.8 Å². The number of rotatable bonds is 5. The number of carbonyl (C=O) groups excluding carboxylic acids is 2. The van der Waals surface area contributed by atoms with Crippen molar-refractivity contribution in [3.8, 4) is 5.69 Å². The lowest BCUT2D eigenvalue weighted by Gasteiger charge is -2.17. The summed E-state index contributed by atoms with van der Waals surface area (Å²) in [6.07, 6.45) is 1.76. The first-order valence-electron chi connectivity index (χ1n) is 9.65. The Morgan fingerprint density at radius 2 is 1.62 bits per heavy atom. The summed E-state index contributed by atoms with van der Waals surface area (Å²) >= 11 is 0. The molecule has 29 heavy (non-hydrogen) atoms. The van der Waals surface area contributed by atoms with Crippen molar-refractivity contribution in [2.45, 2.75) is 33.1 Å². The maximum atomic E-state index is 13.0. The van der Waals surface area contributed by atoms with Gasteiger partial charge in [0.2, 0.25) is 0 Å². The van der Waals surface area contributed by atoms with Crippen molar-refractivity contribution in [1.29, 1.82) is 0 Å². The molecule has 1 aromatic heterocycles. The average molecular weight is 390 g/mol. The van der Waals surface area contributed by atoms with Crippen molar-refractivity contribution in [1.82, 2.24) is 15.1 Å². The van der Waals surface area contributed by atoms with E-state index in [0.29, 0.717) is 23.4 Å². The largest absolute Gasteiger partial charge is 0.352 e. The predicted molar refractivity (Wildman–Crippen MR) is 115 cm³/mol. The van der Waals surface area contributed by atoms with E-state index in [1.807, 2.05) is 58.0 Å². The molecule has 2 N–H and O–H groups in total. The van der Waals surface area contributed by atoms with Crippen LogP contribution in [-0.2, 0) is 5.41 Å². The molecule has 2 aromatic carbocycles. The highest BCUT2D eigenvalue weighted by molar-refractivity contribution is 6.05. The number of benzene rings is 2. The second kappa shape index (κ2) is 8.31. The van der Waals surface area contributed by atoms with Crippen molar-refractivity contribution in [3.63, 3.8) is 0 Å². The van der Waals surface area contributed by atoms with Gasteiger partial charge in [0.15, 0.2) is 0 Å². The number of carbonyl (C=O) groups is 2. The Bertz CT molecular complexity index is 1000. The lowest BCUT2D eigenvalue weighted by Crippen LogP contribution is -2.22. The Labute approximate surface area is 170 Å². The first kappa shape index (κ1) is 20.3. The van der Waals surface area contributed by atoms with E-state index in [1.165, 1.54) is 0 Å². The summed E-state index contributed by atoms with van der Waals surface area (Å²) in [5.74, 6) is -0.368. The standard InChI is InChI=1S/C23H26N4O2/c1-5-24-21(28)16-11-13-17(14-12-16)25-22(29)19-15-27(18-9-7-6-8-10-18)26-20(19)23(2,3)4/h6-15H,5H2,1-4H3,(H,24,28)(H,25,29). The minimum Gasteiger partial charge on any atom is -0.352 e. The Balaban J connectivity index is 1.86. The molecule has 1 heterocycles. The smallest absolute Gasteiger partial charge is 0.259 e. The number of hydrogen-bond donors (Lipinski definition) is 2. The van der Waals surface area contributed by atoms with Crippen LogP contribution in [0.5, 0.6) is 0 Å². The summed E-state index contributed by atoms with van der Waals surface area (Å²) in [6.45, 7) is 8.53. The number of nitrogens with one attached hydrogen (secondary N) is 2. The van der Waals surface area contributed by atoms with Crippen LogP contribution in [0.25, 0.3) is 5.69 Å². The van der Waals surface area contributed by atoms with Crippen LogP contribution in [0.15, 0.2) is 60.8 Å². The zero-order valence-electron chi connectivity index (χ0n) is 17.2. The molecule has 0 saturated heterocycles. The summed E-state index contributed by atoms with van der Waals surface area (Å²) < 4.78 is 1.73. The van der Waals surface area contributed by atoms with Gasteiger partial charge in [0.05, 0.1) is 16.9 Å². The SMILES string of the molecule is CCNC(=O)c1ccc(NC(=O)c2cn(-c3ccccc3)nc2C(C)(C)C)cc1. The molecular weight excluding hydrogens is 364 g/mol. The molecule has 0 aliphatic carbocycles. The summed E-state index contributed by atoms with van der Waals surface area (Å²) in [4.78, 5) is 24.9. The fourth-order valence-electron chi connectivity index (χ4n) is 2.97. The third-order valence-corrected chi connectivity index (χ3v) is 4.43. The molecule has 150 valence electrons. The molecule has 0 fully saturated rings. The first-order chi connectivity index (χ1) is 13.8. The van der Waals surface area contributed by atoms with Crippen LogP contribution in [-0.4, -0.2) is 28.1 Å². The Kier molecular flexibility index (Phi) is 5.82. The molecule has 6 nitrogen and oxygen atoms in total. The maximum absolute atomic E-state index is 13.0. The molecule has 0 aliphatic heterocycles. The van der Waals surface area contributed by atoms with Crippen molar-refractivity contribution >= 4 is 17.5 Å². The first-order valence-corrected chi connectivity index (χ1v) is 9.65. The van der Waals surface area contributed by atoms with Gasteiger partial charge in [0.1, 0.15) is 0 Å². The van der Waals surface area contributed by atoms with Gasteiger partial charge in [0, 0.05) is 29.4 Å². The molecule has 6 heteroatoms. The third kappa shape index (κ3) is 4.71. The highest BCUT2D eigenvalue weighted by Gasteiger charge is 2.26. The Morgan fingerprint density at radius 1 is 0.966 bits per heavy atom. The van der Waals surface area contributed by atoms with Gasteiger partial charge in [-0.1, -0.05) is 39.0 Å². The second-order valence-corrected chi connectivity index (χ2v) is 7.81. The maximum Gasteiger partial charge on any atom is 0.259 e. The highest BCUT2D eigenvalue weighted by Crippen LogP contribution is 2.26. The lowest BCUT2D eigenvalue weighted by molar-refractivity contribution is 0.0955. The Hall–Kier alpha value is -3.41. The predicted octanol–water partition coefficient (Wildman–Crippen LogP) is 4.17. The van der Waals surface area contributed by atoms with E-state index in [4.69, 9.17) is 0 Å². The molecule has 0 spiro atoms. The van der Waals surface area contributed by atoms with Gasteiger partial charge >= 0.3 is 0 Å². The molecule has 2 amide bonds. The molecule has 0 unspecified atom stereocenters. The summed E-state index contributed by atoms with van der Waals surface area (Å²) in [5, 5.41) is 10.3. The normalized spacial score (nSPS) is 11.2. The molecule has 0 saturated carbocycles. The summed E-state index contributed by atoms with van der Waals surface area (Å²) in [5.41, 5.74) is 3.01. The summed E-state index contributed by atoms with van der Waals surface area (Å²) in [7, 11) is 0. The number of aromatic nitrogens is 2. The van der Waals surface area contributed by atoms with Gasteiger partial charge in [-0.3, -0.25) is 9.59 Å². The molecule has 0 bridgehead atoms. The van der Waals surface area contributed by atoms with Crippen molar-refractivity contribution in [2.75, 3.05) is 11.9 Å². The molecule has 0 atom stereocenters. The molecule has 3 rings (SSSR count). The molecule has 3 aromatic rings. The zero-order chi connectivity index (χ0) is 21.0. The topological polar surface area (TPSA) is 76.0 Å². The number of hydrogen-bond acceptors (Lipinski definition) is 3. The van der Waals surface area contributed by atoms with E-state index < -0.39 is 0 Å². The average Bonchev–Trinajstić information content (AvgIpc) is 3.16. The molecule has 0 aliphatic rings. The minimum atomic E-state index is -0.297. The molecule has 0 radical (unpaired) electrons. The third-order valence-electron chi connectivity index (χ3n) is 4.43. The van der Waals surface area contributed by atoms with Gasteiger partial charge in [-0.15, -0.1) is 0 Å². The van der Waals surface area contributed by atoms with Crippen LogP contribution in [0.3, 0.4) is 0 Å². The van der Waals surface area contributed by atoms with Crippen molar-refractivity contribution in [3.05, 3.63) is 77.6 Å². The number of nitrogens with zero attached hydrogens (tertiary/aromatic N) is 2. The quantitative estimate of drug-likeness (QED) is 0.686. The van der Waals surface area contributed by atoms with Crippen LogP contribution in [0, 0.1) is 0 Å². The zero-order valence-corrected chi connectivity index (χ0v) is 17.2. The van der Waals surface area contributed by atoms with Gasteiger partial charge in [-0.2, -0.15) is 5.10 Å². The number of anilines is 1. The highest BCUT2D eigenvalue weighted by atomic mass is 16.2. The van der Waals surface area contributed by atoms with E-state index in [0.717, 1.165) is 11.4 Å². The monoisotopic (exact) mass is 390 g/mol. The van der Waals surface area contributed by atoms with E-state index in [9.17, 15) is 9.59 Å². The van der Waals surface area contributed by atoms with Crippen molar-refractivity contribution < 1.29 is 9.59 Å². The van der Waals surface area contributed by atoms with Crippen LogP contribution < -0.4 is 10.6 Å². The van der Waals surface area contributed by atoms with Gasteiger partial charge in [-0.05, 0) is 43.3 Å². The van der Waals surface area contributed by atoms with E-state index >= 15 is 0 Å². The lowest BCUT2D eigenvalue weighted by atomic mass is 9.89. The number of amides is 2. The van der Waals surface area contributed by atoms with E-state index in [-0.39, 0.29) is 17.2 Å². The molecular formula is C23H26N4O2.